The molecule has 0 spiro atoms. The van der Waals surface area contributed by atoms with Crippen LogP contribution in [-0.4, -0.2) is 48.6 Å². The van der Waals surface area contributed by atoms with Crippen LogP contribution in [0.3, 0.4) is 0 Å². The van der Waals surface area contributed by atoms with Crippen molar-refractivity contribution >= 4 is 18.0 Å². The summed E-state index contributed by atoms with van der Waals surface area (Å²) < 4.78 is 49.6. The first-order valence-electron chi connectivity index (χ1n) is 7.44. The smallest absolute Gasteiger partial charge is 0.422 e. The van der Waals surface area contributed by atoms with Gasteiger partial charge in [0.25, 0.3) is 0 Å². The number of carbonyl (C=O) groups excluding carboxylic acids is 3. The monoisotopic (exact) mass is 367 g/mol. The van der Waals surface area contributed by atoms with E-state index in [9.17, 15) is 27.6 Å². The Morgan fingerprint density at radius 1 is 1.12 bits per heavy atom. The molecule has 0 bridgehead atoms. The molecule has 142 valence electrons. The van der Waals surface area contributed by atoms with E-state index in [4.69, 9.17) is 9.47 Å². The van der Waals surface area contributed by atoms with Gasteiger partial charge in [0.05, 0.1) is 6.04 Å². The summed E-state index contributed by atoms with van der Waals surface area (Å²) in [5, 5.41) is 2.56. The summed E-state index contributed by atoms with van der Waals surface area (Å²) in [6.45, 7) is 3.36. The van der Waals surface area contributed by atoms with Gasteiger partial charge in [0.15, 0.2) is 6.61 Å². The van der Waals surface area contributed by atoms with Crippen LogP contribution in [0.1, 0.15) is 33.6 Å². The van der Waals surface area contributed by atoms with Crippen molar-refractivity contribution in [2.75, 3.05) is 6.61 Å². The van der Waals surface area contributed by atoms with Crippen LogP contribution in [0.5, 0.6) is 0 Å². The van der Waals surface area contributed by atoms with E-state index in [0.29, 0.717) is 0 Å². The number of halogens is 3. The zero-order chi connectivity index (χ0) is 19.3. The van der Waals surface area contributed by atoms with Gasteiger partial charge in [-0.2, -0.15) is 13.2 Å². The Labute approximate surface area is 142 Å². The second-order valence-corrected chi connectivity index (χ2v) is 6.35. The van der Waals surface area contributed by atoms with E-state index in [-0.39, 0.29) is 6.42 Å². The Balaban J connectivity index is 2.31. The normalized spacial score (nSPS) is 20.1. The third kappa shape index (κ3) is 9.58. The second-order valence-electron chi connectivity index (χ2n) is 6.35. The number of alkyl halides is 3. The van der Waals surface area contributed by atoms with Crippen LogP contribution >= 0.6 is 0 Å². The van der Waals surface area contributed by atoms with Crippen molar-refractivity contribution in [3.05, 3.63) is 12.2 Å². The fraction of sp³-hybridized carbons (Fsp3) is 0.667. The predicted octanol–water partition coefficient (Wildman–Crippen LogP) is 2.25. The summed E-state index contributed by atoms with van der Waals surface area (Å²) in [5.41, 5.74) is -0.658. The largest absolute Gasteiger partial charge is 0.458 e. The van der Waals surface area contributed by atoms with Gasteiger partial charge in [-0.1, -0.05) is 6.08 Å². The van der Waals surface area contributed by atoms with Gasteiger partial charge in [-0.05, 0) is 26.8 Å². The Morgan fingerprint density at radius 3 is 2.32 bits per heavy atom. The molecule has 0 aliphatic heterocycles. The molecule has 0 radical (unpaired) electrons. The maximum absolute atomic E-state index is 11.9. The first kappa shape index (κ1) is 20.8. The Bertz CT molecular complexity index is 538. The molecule has 1 aliphatic carbocycles. The molecular weight excluding hydrogens is 347 g/mol. The minimum absolute atomic E-state index is 0.225. The van der Waals surface area contributed by atoms with Crippen LogP contribution in [0.4, 0.5) is 18.0 Å². The maximum atomic E-state index is 11.9. The van der Waals surface area contributed by atoms with E-state index in [1.165, 1.54) is 6.08 Å². The molecule has 10 heteroatoms. The van der Waals surface area contributed by atoms with Gasteiger partial charge in [-0.3, -0.25) is 9.59 Å². The van der Waals surface area contributed by atoms with Crippen LogP contribution < -0.4 is 5.32 Å². The molecule has 0 aromatic rings. The minimum Gasteiger partial charge on any atom is -0.458 e. The first-order chi connectivity index (χ1) is 11.3. The highest BCUT2D eigenvalue weighted by Gasteiger charge is 2.31. The molecule has 2 atom stereocenters. The summed E-state index contributed by atoms with van der Waals surface area (Å²) in [6.07, 6.45) is -3.61. The van der Waals surface area contributed by atoms with E-state index >= 15 is 0 Å². The van der Waals surface area contributed by atoms with Crippen LogP contribution in [0, 0.1) is 0 Å². The number of alkyl carbamates (subject to hydrolysis) is 1. The van der Waals surface area contributed by atoms with Gasteiger partial charge in [-0.25, -0.2) is 4.79 Å². The molecule has 0 fully saturated rings. The lowest BCUT2D eigenvalue weighted by Gasteiger charge is -2.21. The van der Waals surface area contributed by atoms with E-state index in [0.717, 1.165) is 0 Å². The number of ether oxygens (including phenoxy) is 3. The van der Waals surface area contributed by atoms with Gasteiger partial charge < -0.3 is 19.5 Å². The highest BCUT2D eigenvalue weighted by molar-refractivity contribution is 5.91. The lowest BCUT2D eigenvalue weighted by atomic mass is 10.2. The minimum atomic E-state index is -4.66. The van der Waals surface area contributed by atoms with E-state index in [2.05, 4.69) is 10.1 Å². The van der Waals surface area contributed by atoms with E-state index in [1.54, 1.807) is 26.8 Å². The molecule has 0 unspecified atom stereocenters. The number of esters is 2. The zero-order valence-electron chi connectivity index (χ0n) is 14.0. The van der Waals surface area contributed by atoms with Crippen molar-refractivity contribution < 1.29 is 41.8 Å². The molecule has 0 heterocycles. The number of rotatable bonds is 5. The first-order valence-corrected chi connectivity index (χ1v) is 7.44. The quantitative estimate of drug-likeness (QED) is 0.347. The highest BCUT2D eigenvalue weighted by atomic mass is 19.4. The van der Waals surface area contributed by atoms with E-state index in [1.807, 2.05) is 0 Å². The number of nitrogens with one attached hydrogen (secondary N) is 1. The van der Waals surface area contributed by atoms with E-state index < -0.39 is 55.0 Å². The molecule has 1 aliphatic rings. The lowest BCUT2D eigenvalue weighted by Crippen LogP contribution is -2.38. The summed E-state index contributed by atoms with van der Waals surface area (Å²) in [5.74, 6) is -2.34. The van der Waals surface area contributed by atoms with Crippen LogP contribution in [0.25, 0.3) is 0 Å². The fourth-order valence-corrected chi connectivity index (χ4v) is 1.86. The molecule has 0 aromatic heterocycles. The Kier molecular flexibility index (Phi) is 6.83. The van der Waals surface area contributed by atoms with Gasteiger partial charge in [0, 0.05) is 6.42 Å². The number of hydrogen-bond acceptors (Lipinski definition) is 6. The average molecular weight is 367 g/mol. The number of carbonyl (C=O) groups is 3. The number of hydrogen-bond donors (Lipinski definition) is 1. The third-order valence-electron chi connectivity index (χ3n) is 2.71. The molecule has 7 nitrogen and oxygen atoms in total. The third-order valence-corrected chi connectivity index (χ3v) is 2.71. The van der Waals surface area contributed by atoms with Gasteiger partial charge >= 0.3 is 24.2 Å². The summed E-state index contributed by atoms with van der Waals surface area (Å²) in [4.78, 5) is 34.2. The van der Waals surface area contributed by atoms with Crippen molar-refractivity contribution in [2.24, 2.45) is 0 Å². The van der Waals surface area contributed by atoms with Crippen molar-refractivity contribution in [2.45, 2.75) is 57.5 Å². The van der Waals surface area contributed by atoms with Crippen LogP contribution in [0.2, 0.25) is 0 Å². The molecule has 1 rings (SSSR count). The van der Waals surface area contributed by atoms with Crippen LogP contribution in [0.15, 0.2) is 12.2 Å². The SMILES string of the molecule is CC(C)(C)OC(=O)N[C@@H]1C=C[C@H](OC(=O)CC(=O)OCC(F)(F)F)C1. The summed E-state index contributed by atoms with van der Waals surface area (Å²) in [6, 6.07) is -0.426. The van der Waals surface area contributed by atoms with Crippen molar-refractivity contribution in [1.29, 1.82) is 0 Å². The second kappa shape index (κ2) is 8.21. The van der Waals surface area contributed by atoms with Crippen molar-refractivity contribution in [3.8, 4) is 0 Å². The summed E-state index contributed by atoms with van der Waals surface area (Å²) >= 11 is 0. The highest BCUT2D eigenvalue weighted by Crippen LogP contribution is 2.17. The maximum Gasteiger partial charge on any atom is 0.422 e. The van der Waals surface area contributed by atoms with Gasteiger partial charge in [0.2, 0.25) is 0 Å². The molecule has 1 N–H and O–H groups in total. The molecule has 1 amide bonds. The molecular formula is C15H20F3NO6. The molecule has 0 saturated heterocycles. The van der Waals surface area contributed by atoms with Gasteiger partial charge in [-0.15, -0.1) is 0 Å². The average Bonchev–Trinajstić information content (AvgIpc) is 2.80. The number of amides is 1. The predicted molar refractivity (Wildman–Crippen MR) is 78.4 cm³/mol. The Hall–Kier alpha value is -2.26. The van der Waals surface area contributed by atoms with Gasteiger partial charge in [0.1, 0.15) is 18.1 Å². The fourth-order valence-electron chi connectivity index (χ4n) is 1.86. The van der Waals surface area contributed by atoms with Crippen molar-refractivity contribution in [3.63, 3.8) is 0 Å². The topological polar surface area (TPSA) is 90.9 Å². The standard InChI is InChI=1S/C15H20F3NO6/c1-14(2,3)25-13(22)19-9-4-5-10(6-9)24-12(21)7-11(20)23-8-15(16,17)18/h4-5,9-10H,6-8H2,1-3H3,(H,19,22)/t9-,10+/m1/s1. The van der Waals surface area contributed by atoms with Crippen molar-refractivity contribution in [1.82, 2.24) is 5.32 Å². The molecule has 0 saturated carbocycles. The summed E-state index contributed by atoms with van der Waals surface area (Å²) in [7, 11) is 0. The zero-order valence-corrected chi connectivity index (χ0v) is 14.0. The molecule has 0 aromatic carbocycles. The molecule has 25 heavy (non-hydrogen) atoms. The van der Waals surface area contributed by atoms with Crippen LogP contribution in [-0.2, 0) is 23.8 Å². The lowest BCUT2D eigenvalue weighted by molar-refractivity contribution is -0.188. The Morgan fingerprint density at radius 2 is 1.76 bits per heavy atom.